The van der Waals surface area contributed by atoms with Crippen molar-refractivity contribution in [1.29, 1.82) is 0 Å². The Morgan fingerprint density at radius 2 is 2.33 bits per heavy atom. The van der Waals surface area contributed by atoms with Crippen LogP contribution in [0.15, 0.2) is 18.2 Å². The fourth-order valence-corrected chi connectivity index (χ4v) is 2.07. The van der Waals surface area contributed by atoms with Crippen LogP contribution in [0.25, 0.3) is 10.2 Å². The van der Waals surface area contributed by atoms with Gasteiger partial charge in [-0.3, -0.25) is 0 Å². The zero-order valence-electron chi connectivity index (χ0n) is 6.25. The molecule has 1 heterocycles. The van der Waals surface area contributed by atoms with Crippen molar-refractivity contribution in [1.82, 2.24) is 4.98 Å². The predicted molar refractivity (Wildman–Crippen MR) is 53.6 cm³/mol. The number of hydrogen-bond donors (Lipinski definition) is 1. The number of benzene rings is 1. The highest BCUT2D eigenvalue weighted by Crippen LogP contribution is 2.24. The normalized spacial score (nSPS) is 10.8. The van der Waals surface area contributed by atoms with Crippen LogP contribution >= 0.6 is 22.9 Å². The Bertz CT molecular complexity index is 410. The van der Waals surface area contributed by atoms with Gasteiger partial charge in [0.2, 0.25) is 0 Å². The van der Waals surface area contributed by atoms with Gasteiger partial charge in [0, 0.05) is 5.69 Å². The van der Waals surface area contributed by atoms with Gasteiger partial charge in [-0.05, 0) is 18.2 Å². The molecule has 0 amide bonds. The average Bonchev–Trinajstić information content (AvgIpc) is 2.46. The van der Waals surface area contributed by atoms with Gasteiger partial charge in [0.15, 0.2) is 0 Å². The number of aromatic nitrogens is 1. The summed E-state index contributed by atoms with van der Waals surface area (Å²) in [7, 11) is 0. The fraction of sp³-hybridized carbons (Fsp3) is 0.125. The first kappa shape index (κ1) is 7.83. The Morgan fingerprint density at radius 3 is 3.08 bits per heavy atom. The molecule has 0 unspecified atom stereocenters. The average molecular weight is 199 g/mol. The maximum Gasteiger partial charge on any atom is 0.109 e. The number of fused-ring (bicyclic) bond motifs is 1. The molecule has 2 aromatic rings. The lowest BCUT2D eigenvalue weighted by Crippen LogP contribution is -1.82. The number of alkyl halides is 1. The first-order valence-electron chi connectivity index (χ1n) is 3.50. The van der Waals surface area contributed by atoms with E-state index in [9.17, 15) is 0 Å². The molecule has 1 aromatic carbocycles. The highest BCUT2D eigenvalue weighted by Gasteiger charge is 2.01. The van der Waals surface area contributed by atoms with Gasteiger partial charge >= 0.3 is 0 Å². The van der Waals surface area contributed by atoms with Gasteiger partial charge in [0.25, 0.3) is 0 Å². The lowest BCUT2D eigenvalue weighted by atomic mass is 10.3. The molecule has 2 nitrogen and oxygen atoms in total. The van der Waals surface area contributed by atoms with Crippen molar-refractivity contribution in [3.8, 4) is 0 Å². The van der Waals surface area contributed by atoms with Crippen molar-refractivity contribution in [2.75, 3.05) is 5.73 Å². The van der Waals surface area contributed by atoms with Gasteiger partial charge in [-0.1, -0.05) is 0 Å². The van der Waals surface area contributed by atoms with Crippen molar-refractivity contribution >= 4 is 38.8 Å². The number of nitrogens with two attached hydrogens (primary N) is 1. The molecule has 0 bridgehead atoms. The van der Waals surface area contributed by atoms with Gasteiger partial charge in [0.05, 0.1) is 16.1 Å². The van der Waals surface area contributed by atoms with Crippen LogP contribution in [-0.2, 0) is 5.88 Å². The van der Waals surface area contributed by atoms with Crippen LogP contribution in [0.2, 0.25) is 0 Å². The van der Waals surface area contributed by atoms with E-state index in [1.165, 1.54) is 0 Å². The van der Waals surface area contributed by atoms with E-state index in [-0.39, 0.29) is 0 Å². The topological polar surface area (TPSA) is 38.9 Å². The highest BCUT2D eigenvalue weighted by atomic mass is 35.5. The number of nitrogen functional groups attached to an aromatic ring is 1. The third kappa shape index (κ3) is 1.26. The molecule has 1 aromatic heterocycles. The summed E-state index contributed by atoms with van der Waals surface area (Å²) in [6.07, 6.45) is 0. The number of thiazole rings is 1. The molecule has 0 spiro atoms. The molecule has 2 rings (SSSR count). The summed E-state index contributed by atoms with van der Waals surface area (Å²) in [4.78, 5) is 4.30. The van der Waals surface area contributed by atoms with Crippen LogP contribution in [0.3, 0.4) is 0 Å². The van der Waals surface area contributed by atoms with Crippen LogP contribution in [0.1, 0.15) is 5.01 Å². The molecule has 0 atom stereocenters. The summed E-state index contributed by atoms with van der Waals surface area (Å²) >= 11 is 7.26. The van der Waals surface area contributed by atoms with Crippen LogP contribution < -0.4 is 5.73 Å². The van der Waals surface area contributed by atoms with Gasteiger partial charge in [-0.25, -0.2) is 4.98 Å². The molecule has 12 heavy (non-hydrogen) atoms. The Balaban J connectivity index is 2.67. The summed E-state index contributed by atoms with van der Waals surface area (Å²) in [5.41, 5.74) is 7.29. The standard InChI is InChI=1S/C8H7ClN2S/c9-4-8-11-6-3-5(10)1-2-7(6)12-8/h1-3H,4,10H2. The summed E-state index contributed by atoms with van der Waals surface area (Å²) in [5, 5.41) is 0.942. The largest absolute Gasteiger partial charge is 0.399 e. The summed E-state index contributed by atoms with van der Waals surface area (Å²) < 4.78 is 1.14. The lowest BCUT2D eigenvalue weighted by molar-refractivity contribution is 1.30. The van der Waals surface area contributed by atoms with E-state index in [0.29, 0.717) is 5.88 Å². The summed E-state index contributed by atoms with van der Waals surface area (Å²) in [5.74, 6) is 0.471. The number of halogens is 1. The minimum atomic E-state index is 0.471. The molecule has 62 valence electrons. The first-order valence-corrected chi connectivity index (χ1v) is 4.85. The second-order valence-electron chi connectivity index (χ2n) is 2.47. The second-order valence-corrected chi connectivity index (χ2v) is 3.85. The maximum atomic E-state index is 5.65. The quantitative estimate of drug-likeness (QED) is 0.565. The van der Waals surface area contributed by atoms with Crippen LogP contribution in [0.4, 0.5) is 5.69 Å². The van der Waals surface area contributed by atoms with Crippen LogP contribution in [-0.4, -0.2) is 4.98 Å². The molecule has 0 saturated heterocycles. The molecule has 4 heteroatoms. The van der Waals surface area contributed by atoms with Gasteiger partial charge in [0.1, 0.15) is 5.01 Å². The Hall–Kier alpha value is -0.800. The van der Waals surface area contributed by atoms with Crippen molar-refractivity contribution < 1.29 is 0 Å². The second kappa shape index (κ2) is 2.92. The van der Waals surface area contributed by atoms with E-state index >= 15 is 0 Å². The van der Waals surface area contributed by atoms with E-state index in [1.807, 2.05) is 18.2 Å². The Morgan fingerprint density at radius 1 is 1.50 bits per heavy atom. The van der Waals surface area contributed by atoms with Crippen molar-refractivity contribution in [3.63, 3.8) is 0 Å². The smallest absolute Gasteiger partial charge is 0.109 e. The van der Waals surface area contributed by atoms with Crippen molar-refractivity contribution in [2.24, 2.45) is 0 Å². The number of hydrogen-bond acceptors (Lipinski definition) is 3. The lowest BCUT2D eigenvalue weighted by Gasteiger charge is -1.89. The van der Waals surface area contributed by atoms with Crippen LogP contribution in [0, 0.1) is 0 Å². The molecule has 0 radical (unpaired) electrons. The minimum absolute atomic E-state index is 0.471. The summed E-state index contributed by atoms with van der Waals surface area (Å²) in [6, 6.07) is 5.71. The number of anilines is 1. The van der Waals surface area contributed by atoms with Crippen molar-refractivity contribution in [3.05, 3.63) is 23.2 Å². The van der Waals surface area contributed by atoms with E-state index < -0.39 is 0 Å². The molecular weight excluding hydrogens is 192 g/mol. The van der Waals surface area contributed by atoms with Gasteiger partial charge in [-0.15, -0.1) is 22.9 Å². The SMILES string of the molecule is Nc1ccc2sc(CCl)nc2c1. The van der Waals surface area contributed by atoms with Gasteiger partial charge in [-0.2, -0.15) is 0 Å². The van der Waals surface area contributed by atoms with E-state index in [0.717, 1.165) is 20.9 Å². The molecule has 0 saturated carbocycles. The molecule has 2 N–H and O–H groups in total. The number of rotatable bonds is 1. The zero-order valence-corrected chi connectivity index (χ0v) is 7.82. The highest BCUT2D eigenvalue weighted by molar-refractivity contribution is 7.18. The molecule has 0 fully saturated rings. The molecule has 0 aliphatic rings. The number of nitrogens with zero attached hydrogens (tertiary/aromatic N) is 1. The van der Waals surface area contributed by atoms with E-state index in [1.54, 1.807) is 11.3 Å². The van der Waals surface area contributed by atoms with E-state index in [4.69, 9.17) is 17.3 Å². The zero-order chi connectivity index (χ0) is 8.55. The third-order valence-corrected chi connectivity index (χ3v) is 3.02. The Kier molecular flexibility index (Phi) is 1.90. The van der Waals surface area contributed by atoms with Crippen molar-refractivity contribution in [2.45, 2.75) is 5.88 Å². The Labute approximate surface area is 79.0 Å². The summed E-state index contributed by atoms with van der Waals surface area (Å²) in [6.45, 7) is 0. The molecule has 0 aliphatic heterocycles. The molecular formula is C8H7ClN2S. The monoisotopic (exact) mass is 198 g/mol. The predicted octanol–water partition coefficient (Wildman–Crippen LogP) is 2.62. The minimum Gasteiger partial charge on any atom is -0.399 e. The first-order chi connectivity index (χ1) is 5.79. The van der Waals surface area contributed by atoms with E-state index in [2.05, 4.69) is 4.98 Å². The molecule has 0 aliphatic carbocycles. The maximum absolute atomic E-state index is 5.65. The van der Waals surface area contributed by atoms with Crippen LogP contribution in [0.5, 0.6) is 0 Å². The van der Waals surface area contributed by atoms with Gasteiger partial charge < -0.3 is 5.73 Å². The fourth-order valence-electron chi connectivity index (χ4n) is 1.05. The third-order valence-electron chi connectivity index (χ3n) is 1.57.